The van der Waals surface area contributed by atoms with Gasteiger partial charge in [0, 0.05) is 24.9 Å². The Bertz CT molecular complexity index is 782. The average Bonchev–Trinajstić information content (AvgIpc) is 2.83. The third-order valence-corrected chi connectivity index (χ3v) is 3.71. The van der Waals surface area contributed by atoms with Crippen molar-refractivity contribution in [2.45, 2.75) is 19.9 Å². The van der Waals surface area contributed by atoms with E-state index in [1.807, 2.05) is 48.0 Å². The molecule has 1 N–H and O–H groups in total. The van der Waals surface area contributed by atoms with Crippen molar-refractivity contribution in [2.75, 3.05) is 6.61 Å². The Kier molecular flexibility index (Phi) is 3.90. The van der Waals surface area contributed by atoms with Crippen LogP contribution in [-0.2, 0) is 6.54 Å². The minimum absolute atomic E-state index is 0.132. The normalized spacial score (nSPS) is 11.2. The largest absolute Gasteiger partial charge is 0.396 e. The van der Waals surface area contributed by atoms with E-state index in [9.17, 15) is 0 Å². The van der Waals surface area contributed by atoms with Gasteiger partial charge in [-0.25, -0.2) is 9.97 Å². The number of hydrogen-bond donors (Lipinski definition) is 1. The quantitative estimate of drug-likeness (QED) is 0.803. The second kappa shape index (κ2) is 5.84. The van der Waals surface area contributed by atoms with Crippen molar-refractivity contribution in [3.63, 3.8) is 0 Å². The Balaban J connectivity index is 2.23. The number of benzene rings is 1. The van der Waals surface area contributed by atoms with Gasteiger partial charge in [-0.2, -0.15) is 0 Å². The molecule has 0 aliphatic carbocycles. The first-order valence-corrected chi connectivity index (χ1v) is 7.27. The Hall–Kier alpha value is -1.91. The number of pyridine rings is 1. The van der Waals surface area contributed by atoms with Crippen LogP contribution in [0.25, 0.3) is 22.6 Å². The fourth-order valence-corrected chi connectivity index (χ4v) is 2.62. The minimum atomic E-state index is 0.132. The van der Waals surface area contributed by atoms with Gasteiger partial charge in [-0.1, -0.05) is 23.7 Å². The summed E-state index contributed by atoms with van der Waals surface area (Å²) >= 11 is 6.30. The third kappa shape index (κ3) is 2.64. The Labute approximate surface area is 128 Å². The standard InChI is InChI=1S/C16H16ClN3O/c1-11-9-14-16(18-10-11)20(7-4-8-21)15(19-14)12-5-2-3-6-13(12)17/h2-3,5-6,9-10,21H,4,7-8H2,1H3. The van der Waals surface area contributed by atoms with Gasteiger partial charge < -0.3 is 9.67 Å². The summed E-state index contributed by atoms with van der Waals surface area (Å²) in [4.78, 5) is 9.18. The molecule has 5 heteroatoms. The van der Waals surface area contributed by atoms with Crippen LogP contribution in [-0.4, -0.2) is 26.2 Å². The topological polar surface area (TPSA) is 50.9 Å². The summed E-state index contributed by atoms with van der Waals surface area (Å²) in [6.45, 7) is 2.78. The van der Waals surface area contributed by atoms with Crippen LogP contribution in [0.15, 0.2) is 36.5 Å². The second-order valence-corrected chi connectivity index (χ2v) is 5.41. The maximum Gasteiger partial charge on any atom is 0.160 e. The van der Waals surface area contributed by atoms with Gasteiger partial charge in [0.15, 0.2) is 5.65 Å². The molecule has 21 heavy (non-hydrogen) atoms. The summed E-state index contributed by atoms with van der Waals surface area (Å²) < 4.78 is 2.02. The molecule has 0 atom stereocenters. The molecule has 108 valence electrons. The fraction of sp³-hybridized carbons (Fsp3) is 0.250. The van der Waals surface area contributed by atoms with E-state index in [-0.39, 0.29) is 6.61 Å². The van der Waals surface area contributed by atoms with Crippen LogP contribution in [0.5, 0.6) is 0 Å². The van der Waals surface area contributed by atoms with Crippen LogP contribution in [0.1, 0.15) is 12.0 Å². The SMILES string of the molecule is Cc1cnc2c(c1)nc(-c1ccccc1Cl)n2CCCO. The minimum Gasteiger partial charge on any atom is -0.396 e. The summed E-state index contributed by atoms with van der Waals surface area (Å²) in [5.74, 6) is 0.794. The molecule has 3 aromatic rings. The zero-order chi connectivity index (χ0) is 14.8. The number of aromatic nitrogens is 3. The first-order chi connectivity index (χ1) is 10.2. The summed E-state index contributed by atoms with van der Waals surface area (Å²) in [6.07, 6.45) is 2.48. The number of nitrogens with zero attached hydrogens (tertiary/aromatic N) is 3. The van der Waals surface area contributed by atoms with Crippen LogP contribution in [0, 0.1) is 6.92 Å². The summed E-state index contributed by atoms with van der Waals surface area (Å²) in [5, 5.41) is 9.78. The second-order valence-electron chi connectivity index (χ2n) is 5.00. The number of aliphatic hydroxyl groups is 1. The lowest BCUT2D eigenvalue weighted by atomic mass is 10.2. The van der Waals surface area contributed by atoms with Crippen LogP contribution in [0.4, 0.5) is 0 Å². The molecule has 4 nitrogen and oxygen atoms in total. The van der Waals surface area contributed by atoms with Gasteiger partial charge in [0.05, 0.1) is 5.02 Å². The summed E-state index contributed by atoms with van der Waals surface area (Å²) in [7, 11) is 0. The number of halogens is 1. The first kappa shape index (κ1) is 14.0. The maximum absolute atomic E-state index is 9.12. The molecular weight excluding hydrogens is 286 g/mol. The highest BCUT2D eigenvalue weighted by Gasteiger charge is 2.15. The Morgan fingerprint density at radius 1 is 1.29 bits per heavy atom. The predicted octanol–water partition coefficient (Wildman–Crippen LogP) is 3.44. The highest BCUT2D eigenvalue weighted by Crippen LogP contribution is 2.29. The number of aliphatic hydroxyl groups excluding tert-OH is 1. The fourth-order valence-electron chi connectivity index (χ4n) is 2.40. The number of fused-ring (bicyclic) bond motifs is 1. The van der Waals surface area contributed by atoms with Crippen molar-refractivity contribution in [2.24, 2.45) is 0 Å². The maximum atomic E-state index is 9.12. The van der Waals surface area contributed by atoms with Gasteiger partial charge in [0.2, 0.25) is 0 Å². The predicted molar refractivity (Wildman–Crippen MR) is 84.4 cm³/mol. The molecule has 0 radical (unpaired) electrons. The van der Waals surface area contributed by atoms with Gasteiger partial charge in [-0.3, -0.25) is 0 Å². The first-order valence-electron chi connectivity index (χ1n) is 6.89. The molecule has 0 amide bonds. The van der Waals surface area contributed by atoms with Crippen molar-refractivity contribution in [1.29, 1.82) is 0 Å². The van der Waals surface area contributed by atoms with E-state index < -0.39 is 0 Å². The van der Waals surface area contributed by atoms with E-state index in [2.05, 4.69) is 4.98 Å². The van der Waals surface area contributed by atoms with Crippen molar-refractivity contribution in [1.82, 2.24) is 14.5 Å². The lowest BCUT2D eigenvalue weighted by Crippen LogP contribution is -2.03. The molecule has 1 aromatic carbocycles. The van der Waals surface area contributed by atoms with Gasteiger partial charge >= 0.3 is 0 Å². The van der Waals surface area contributed by atoms with Gasteiger partial charge in [-0.15, -0.1) is 0 Å². The van der Waals surface area contributed by atoms with E-state index in [0.717, 1.165) is 28.1 Å². The van der Waals surface area contributed by atoms with Gasteiger partial charge in [0.1, 0.15) is 11.3 Å². The zero-order valence-electron chi connectivity index (χ0n) is 11.8. The molecule has 2 heterocycles. The molecule has 0 saturated heterocycles. The molecule has 0 fully saturated rings. The molecule has 0 bridgehead atoms. The number of hydrogen-bond acceptors (Lipinski definition) is 3. The van der Waals surface area contributed by atoms with E-state index in [1.54, 1.807) is 0 Å². The Morgan fingerprint density at radius 3 is 2.86 bits per heavy atom. The molecule has 0 unspecified atom stereocenters. The van der Waals surface area contributed by atoms with Crippen LogP contribution in [0.3, 0.4) is 0 Å². The van der Waals surface area contributed by atoms with Gasteiger partial charge in [0.25, 0.3) is 0 Å². The summed E-state index contributed by atoms with van der Waals surface area (Å²) in [5.41, 5.74) is 3.62. The lowest BCUT2D eigenvalue weighted by Gasteiger charge is -2.09. The monoisotopic (exact) mass is 301 g/mol. The van der Waals surface area contributed by atoms with Crippen LogP contribution in [0.2, 0.25) is 5.02 Å². The van der Waals surface area contributed by atoms with E-state index in [0.29, 0.717) is 18.0 Å². The summed E-state index contributed by atoms with van der Waals surface area (Å²) in [6, 6.07) is 9.65. The van der Waals surface area contributed by atoms with Crippen molar-refractivity contribution >= 4 is 22.8 Å². The van der Waals surface area contributed by atoms with E-state index >= 15 is 0 Å². The Morgan fingerprint density at radius 2 is 2.10 bits per heavy atom. The van der Waals surface area contributed by atoms with Crippen LogP contribution >= 0.6 is 11.6 Å². The van der Waals surface area contributed by atoms with Crippen molar-refractivity contribution < 1.29 is 5.11 Å². The molecule has 0 saturated carbocycles. The average molecular weight is 302 g/mol. The van der Waals surface area contributed by atoms with Gasteiger partial charge in [-0.05, 0) is 37.1 Å². The highest BCUT2D eigenvalue weighted by molar-refractivity contribution is 6.33. The molecule has 0 aliphatic heterocycles. The third-order valence-electron chi connectivity index (χ3n) is 3.38. The van der Waals surface area contributed by atoms with E-state index in [1.165, 1.54) is 0 Å². The van der Waals surface area contributed by atoms with Crippen molar-refractivity contribution in [3.8, 4) is 11.4 Å². The van der Waals surface area contributed by atoms with E-state index in [4.69, 9.17) is 21.7 Å². The molecular formula is C16H16ClN3O. The smallest absolute Gasteiger partial charge is 0.160 e. The van der Waals surface area contributed by atoms with Crippen molar-refractivity contribution in [3.05, 3.63) is 47.1 Å². The zero-order valence-corrected chi connectivity index (χ0v) is 12.5. The molecule has 3 rings (SSSR count). The number of imidazole rings is 1. The number of rotatable bonds is 4. The number of aryl methyl sites for hydroxylation is 2. The van der Waals surface area contributed by atoms with Crippen LogP contribution < -0.4 is 0 Å². The molecule has 0 aliphatic rings. The lowest BCUT2D eigenvalue weighted by molar-refractivity contribution is 0.280. The highest BCUT2D eigenvalue weighted by atomic mass is 35.5. The molecule has 2 aromatic heterocycles. The molecule has 0 spiro atoms.